The molecule has 0 bridgehead atoms. The summed E-state index contributed by atoms with van der Waals surface area (Å²) in [4.78, 5) is 9.14. The van der Waals surface area contributed by atoms with Gasteiger partial charge in [0.15, 0.2) is 5.82 Å². The summed E-state index contributed by atoms with van der Waals surface area (Å²) >= 11 is 0. The molecule has 1 heterocycles. The predicted molar refractivity (Wildman–Crippen MR) is 160 cm³/mol. The van der Waals surface area contributed by atoms with Crippen LogP contribution in [0.3, 0.4) is 0 Å². The Morgan fingerprint density at radius 1 is 0.730 bits per heavy atom. The third kappa shape index (κ3) is 4.32. The molecule has 0 unspecified atom stereocenters. The second-order valence-corrected chi connectivity index (χ2v) is 9.58. The molecule has 5 aromatic carbocycles. The van der Waals surface area contributed by atoms with Gasteiger partial charge in [-0.25, -0.2) is 9.98 Å². The fourth-order valence-electron chi connectivity index (χ4n) is 5.20. The number of pyridine rings is 1. The second-order valence-electron chi connectivity index (χ2n) is 9.58. The van der Waals surface area contributed by atoms with Gasteiger partial charge in [0.2, 0.25) is 0 Å². The van der Waals surface area contributed by atoms with Crippen molar-refractivity contribution in [3.63, 3.8) is 0 Å². The molecule has 0 saturated heterocycles. The standard InChI is InChI=1S/C35H28N2/c1-4-7-29(20-24(3)37-35-23(2)8-6-19-36-35)25-11-13-26(14-12-25)32-21-30-17-15-27-9-5-10-28-16-18-31(22-32)34(30)33(27)28/h4-22H,1-3H3/b7-4-,29-20+,37-24+. The molecule has 0 saturated carbocycles. The first-order chi connectivity index (χ1) is 18.1. The van der Waals surface area contributed by atoms with E-state index in [2.05, 4.69) is 102 Å². The van der Waals surface area contributed by atoms with Crippen LogP contribution in [0.1, 0.15) is 25.0 Å². The van der Waals surface area contributed by atoms with E-state index in [1.165, 1.54) is 43.4 Å². The van der Waals surface area contributed by atoms with Crippen molar-refractivity contribution in [2.24, 2.45) is 4.99 Å². The highest BCUT2D eigenvalue weighted by atomic mass is 14.9. The van der Waals surface area contributed by atoms with Crippen LogP contribution in [0.2, 0.25) is 0 Å². The molecule has 2 heteroatoms. The zero-order chi connectivity index (χ0) is 25.4. The Hall–Kier alpha value is -4.56. The molecule has 2 nitrogen and oxygen atoms in total. The van der Waals surface area contributed by atoms with Crippen molar-refractivity contribution in [3.05, 3.63) is 127 Å². The number of aliphatic imine (C=N–C) groups is 1. The molecule has 0 radical (unpaired) electrons. The summed E-state index contributed by atoms with van der Waals surface area (Å²) in [6, 6.07) is 33.0. The van der Waals surface area contributed by atoms with E-state index in [0.29, 0.717) is 0 Å². The summed E-state index contributed by atoms with van der Waals surface area (Å²) in [5.74, 6) is 0.764. The lowest BCUT2D eigenvalue weighted by Gasteiger charge is -2.13. The van der Waals surface area contributed by atoms with Gasteiger partial charge in [-0.15, -0.1) is 0 Å². The Kier molecular flexibility index (Phi) is 5.86. The number of rotatable bonds is 5. The van der Waals surface area contributed by atoms with Crippen LogP contribution in [-0.4, -0.2) is 10.7 Å². The monoisotopic (exact) mass is 476 g/mol. The van der Waals surface area contributed by atoms with Gasteiger partial charge < -0.3 is 0 Å². The van der Waals surface area contributed by atoms with Crippen molar-refractivity contribution in [1.29, 1.82) is 0 Å². The normalized spacial score (nSPS) is 12.9. The molecule has 0 aliphatic carbocycles. The van der Waals surface area contributed by atoms with Crippen LogP contribution in [0.15, 0.2) is 120 Å². The van der Waals surface area contributed by atoms with Crippen LogP contribution in [-0.2, 0) is 0 Å². The number of hydrogen-bond acceptors (Lipinski definition) is 2. The van der Waals surface area contributed by atoms with Gasteiger partial charge in [0.1, 0.15) is 0 Å². The second kappa shape index (κ2) is 9.48. The maximum atomic E-state index is 4.73. The Balaban J connectivity index is 1.37. The van der Waals surface area contributed by atoms with E-state index in [4.69, 9.17) is 4.99 Å². The molecule has 6 rings (SSSR count). The van der Waals surface area contributed by atoms with Crippen LogP contribution in [0.5, 0.6) is 0 Å². The Morgan fingerprint density at radius 3 is 2.03 bits per heavy atom. The molecule has 0 fully saturated rings. The molecule has 178 valence electrons. The SMILES string of the molecule is C\C=C/C(=C\C(C)=N\c1ncccc1C)c1ccc(-c2cc3ccc4cccc5ccc(c2)c3c45)cc1. The van der Waals surface area contributed by atoms with Gasteiger partial charge in [-0.2, -0.15) is 0 Å². The van der Waals surface area contributed by atoms with Crippen LogP contribution < -0.4 is 0 Å². The molecule has 37 heavy (non-hydrogen) atoms. The third-order valence-electron chi connectivity index (χ3n) is 6.99. The number of aryl methyl sites for hydroxylation is 1. The number of allylic oxidation sites excluding steroid dienone is 4. The zero-order valence-electron chi connectivity index (χ0n) is 21.4. The van der Waals surface area contributed by atoms with Gasteiger partial charge in [0.25, 0.3) is 0 Å². The predicted octanol–water partition coefficient (Wildman–Crippen LogP) is 9.71. The topological polar surface area (TPSA) is 25.2 Å². The largest absolute Gasteiger partial charge is 0.237 e. The van der Waals surface area contributed by atoms with E-state index in [0.717, 1.165) is 28.2 Å². The van der Waals surface area contributed by atoms with Crippen molar-refractivity contribution < 1.29 is 0 Å². The van der Waals surface area contributed by atoms with Crippen LogP contribution in [0.25, 0.3) is 49.0 Å². The number of nitrogens with zero attached hydrogens (tertiary/aromatic N) is 2. The Labute approximate surface area is 217 Å². The van der Waals surface area contributed by atoms with E-state index in [9.17, 15) is 0 Å². The van der Waals surface area contributed by atoms with Crippen molar-refractivity contribution >= 4 is 49.4 Å². The van der Waals surface area contributed by atoms with Crippen LogP contribution in [0.4, 0.5) is 5.82 Å². The summed E-state index contributed by atoms with van der Waals surface area (Å²) in [6.07, 6.45) is 8.11. The lowest BCUT2D eigenvalue weighted by molar-refractivity contribution is 1.22. The zero-order valence-corrected chi connectivity index (χ0v) is 21.4. The number of hydrogen-bond donors (Lipinski definition) is 0. The first-order valence-electron chi connectivity index (χ1n) is 12.7. The molecule has 6 aromatic rings. The number of benzene rings is 5. The smallest absolute Gasteiger partial charge is 0.154 e. The maximum Gasteiger partial charge on any atom is 0.154 e. The quantitative estimate of drug-likeness (QED) is 0.138. The average molecular weight is 477 g/mol. The molecular weight excluding hydrogens is 448 g/mol. The van der Waals surface area contributed by atoms with Crippen LogP contribution >= 0.6 is 0 Å². The highest BCUT2D eigenvalue weighted by Gasteiger charge is 2.10. The van der Waals surface area contributed by atoms with E-state index >= 15 is 0 Å². The van der Waals surface area contributed by atoms with Crippen molar-refractivity contribution in [3.8, 4) is 11.1 Å². The minimum Gasteiger partial charge on any atom is -0.237 e. The van der Waals surface area contributed by atoms with Gasteiger partial charge in [-0.1, -0.05) is 84.9 Å². The summed E-state index contributed by atoms with van der Waals surface area (Å²) in [5, 5.41) is 7.88. The summed E-state index contributed by atoms with van der Waals surface area (Å²) < 4.78 is 0. The first kappa shape index (κ1) is 22.9. The average Bonchev–Trinajstić information content (AvgIpc) is 2.93. The Bertz CT molecular complexity index is 1770. The van der Waals surface area contributed by atoms with Crippen molar-refractivity contribution in [2.45, 2.75) is 20.8 Å². The van der Waals surface area contributed by atoms with Gasteiger partial charge in [-0.05, 0) is 105 Å². The first-order valence-corrected chi connectivity index (χ1v) is 12.7. The molecule has 0 spiro atoms. The van der Waals surface area contributed by atoms with E-state index in [-0.39, 0.29) is 0 Å². The number of aromatic nitrogens is 1. The lowest BCUT2D eigenvalue weighted by atomic mass is 9.91. The van der Waals surface area contributed by atoms with E-state index < -0.39 is 0 Å². The molecule has 1 aromatic heterocycles. The third-order valence-corrected chi connectivity index (χ3v) is 6.99. The van der Waals surface area contributed by atoms with Crippen LogP contribution in [0, 0.1) is 6.92 Å². The van der Waals surface area contributed by atoms with Crippen molar-refractivity contribution in [2.75, 3.05) is 0 Å². The van der Waals surface area contributed by atoms with E-state index in [1.54, 1.807) is 6.20 Å². The van der Waals surface area contributed by atoms with Gasteiger partial charge >= 0.3 is 0 Å². The molecular formula is C35H28N2. The summed E-state index contributed by atoms with van der Waals surface area (Å²) in [7, 11) is 0. The molecule has 0 amide bonds. The summed E-state index contributed by atoms with van der Waals surface area (Å²) in [6.45, 7) is 6.10. The molecule has 0 N–H and O–H groups in total. The highest BCUT2D eigenvalue weighted by molar-refractivity contribution is 6.23. The lowest BCUT2D eigenvalue weighted by Crippen LogP contribution is -1.91. The van der Waals surface area contributed by atoms with Gasteiger partial charge in [0.05, 0.1) is 0 Å². The minimum atomic E-state index is 0.764. The fraction of sp³-hybridized carbons (Fsp3) is 0.0857. The summed E-state index contributed by atoms with van der Waals surface area (Å²) in [5.41, 5.74) is 6.72. The minimum absolute atomic E-state index is 0.764. The van der Waals surface area contributed by atoms with Gasteiger partial charge in [-0.3, -0.25) is 0 Å². The molecule has 0 atom stereocenters. The molecule has 0 aliphatic heterocycles. The highest BCUT2D eigenvalue weighted by Crippen LogP contribution is 2.37. The molecule has 0 aliphatic rings. The maximum absolute atomic E-state index is 4.73. The van der Waals surface area contributed by atoms with Crippen molar-refractivity contribution in [1.82, 2.24) is 4.98 Å². The Morgan fingerprint density at radius 2 is 1.38 bits per heavy atom. The fourth-order valence-corrected chi connectivity index (χ4v) is 5.20. The van der Waals surface area contributed by atoms with E-state index in [1.807, 2.05) is 32.9 Å². The van der Waals surface area contributed by atoms with Gasteiger partial charge in [0, 0.05) is 11.9 Å².